The number of benzene rings is 1. The van der Waals surface area contributed by atoms with E-state index in [-0.39, 0.29) is 6.01 Å². The van der Waals surface area contributed by atoms with Crippen LogP contribution in [0.25, 0.3) is 0 Å². The van der Waals surface area contributed by atoms with E-state index >= 15 is 0 Å². The number of ether oxygens (including phenoxy) is 1. The lowest BCUT2D eigenvalue weighted by Gasteiger charge is -2.07. The Balaban J connectivity index is 2.22. The number of hydrogen-bond acceptors (Lipinski definition) is 4. The summed E-state index contributed by atoms with van der Waals surface area (Å²) in [4.78, 5) is 7.90. The van der Waals surface area contributed by atoms with Gasteiger partial charge in [0.15, 0.2) is 0 Å². The summed E-state index contributed by atoms with van der Waals surface area (Å²) in [6.07, 6.45) is 3.22. The number of rotatable bonds is 3. The fraction of sp³-hybridized carbons (Fsp3) is 0.0909. The Labute approximate surface area is 98.3 Å². The van der Waals surface area contributed by atoms with E-state index in [9.17, 15) is 0 Å². The highest BCUT2D eigenvalue weighted by Gasteiger charge is 2.05. The average Bonchev–Trinajstić information content (AvgIpc) is 2.33. The number of halogens is 1. The summed E-state index contributed by atoms with van der Waals surface area (Å²) in [6, 6.07) is 7.41. The molecule has 1 aromatic heterocycles. The van der Waals surface area contributed by atoms with Crippen molar-refractivity contribution >= 4 is 17.3 Å². The lowest BCUT2D eigenvalue weighted by atomic mass is 10.3. The molecule has 0 atom stereocenters. The van der Waals surface area contributed by atoms with Gasteiger partial charge < -0.3 is 10.1 Å². The Morgan fingerprint density at radius 3 is 2.62 bits per heavy atom. The highest BCUT2D eigenvalue weighted by atomic mass is 35.5. The molecule has 1 N–H and O–H groups in total. The van der Waals surface area contributed by atoms with Crippen LogP contribution in [0.3, 0.4) is 0 Å². The molecular weight excluding hydrogens is 226 g/mol. The van der Waals surface area contributed by atoms with E-state index in [1.165, 1.54) is 0 Å². The molecule has 0 saturated carbocycles. The normalized spacial score (nSPS) is 9.88. The largest absolute Gasteiger partial charge is 0.423 e. The topological polar surface area (TPSA) is 47.0 Å². The summed E-state index contributed by atoms with van der Waals surface area (Å²) >= 11 is 6.04. The molecule has 16 heavy (non-hydrogen) atoms. The van der Waals surface area contributed by atoms with Crippen LogP contribution in [0.15, 0.2) is 36.7 Å². The van der Waals surface area contributed by atoms with Gasteiger partial charge in [0.2, 0.25) is 0 Å². The van der Waals surface area contributed by atoms with Crippen LogP contribution >= 0.6 is 11.6 Å². The molecule has 0 aliphatic heterocycles. The van der Waals surface area contributed by atoms with Gasteiger partial charge in [0.25, 0.3) is 0 Å². The molecular formula is C11H10ClN3O. The van der Waals surface area contributed by atoms with Gasteiger partial charge in [-0.25, -0.2) is 9.97 Å². The molecule has 0 radical (unpaired) electrons. The van der Waals surface area contributed by atoms with Crippen molar-refractivity contribution in [2.45, 2.75) is 0 Å². The molecule has 2 rings (SSSR count). The van der Waals surface area contributed by atoms with Crippen LogP contribution in [-0.4, -0.2) is 17.0 Å². The van der Waals surface area contributed by atoms with E-state index in [1.54, 1.807) is 30.6 Å². The Hall–Kier alpha value is -1.81. The highest BCUT2D eigenvalue weighted by Crippen LogP contribution is 2.29. The van der Waals surface area contributed by atoms with Crippen LogP contribution in [0.2, 0.25) is 5.02 Å². The smallest absolute Gasteiger partial charge is 0.321 e. The zero-order valence-electron chi connectivity index (χ0n) is 8.64. The van der Waals surface area contributed by atoms with E-state index in [1.807, 2.05) is 13.1 Å². The second-order valence-corrected chi connectivity index (χ2v) is 3.44. The van der Waals surface area contributed by atoms with Gasteiger partial charge in [-0.15, -0.1) is 0 Å². The molecule has 2 aromatic rings. The SMILES string of the molecule is CNc1ccc(Oc2ncccn2)c(Cl)c1. The zero-order chi connectivity index (χ0) is 11.4. The predicted octanol–water partition coefficient (Wildman–Crippen LogP) is 2.96. The van der Waals surface area contributed by atoms with Crippen LogP contribution in [0, 0.1) is 0 Å². The van der Waals surface area contributed by atoms with Gasteiger partial charge in [-0.3, -0.25) is 0 Å². The van der Waals surface area contributed by atoms with E-state index in [0.717, 1.165) is 5.69 Å². The number of hydrogen-bond donors (Lipinski definition) is 1. The Morgan fingerprint density at radius 2 is 2.00 bits per heavy atom. The Bertz CT molecular complexity index is 476. The van der Waals surface area contributed by atoms with Crippen molar-refractivity contribution in [1.82, 2.24) is 9.97 Å². The number of anilines is 1. The van der Waals surface area contributed by atoms with Gasteiger partial charge in [-0.05, 0) is 24.3 Å². The molecule has 5 heteroatoms. The Kier molecular flexibility index (Phi) is 3.22. The van der Waals surface area contributed by atoms with Crippen molar-refractivity contribution in [3.05, 3.63) is 41.7 Å². The summed E-state index contributed by atoms with van der Waals surface area (Å²) in [5.41, 5.74) is 0.923. The first-order chi connectivity index (χ1) is 7.79. The lowest BCUT2D eigenvalue weighted by Crippen LogP contribution is -1.92. The molecule has 0 aliphatic rings. The first-order valence-corrected chi connectivity index (χ1v) is 5.09. The van der Waals surface area contributed by atoms with Crippen LogP contribution in [0.4, 0.5) is 5.69 Å². The number of nitrogens with one attached hydrogen (secondary N) is 1. The van der Waals surface area contributed by atoms with Crippen LogP contribution in [0.5, 0.6) is 11.8 Å². The quantitative estimate of drug-likeness (QED) is 0.889. The third kappa shape index (κ3) is 2.41. The molecule has 1 heterocycles. The van der Waals surface area contributed by atoms with E-state index < -0.39 is 0 Å². The van der Waals surface area contributed by atoms with Crippen molar-refractivity contribution in [2.75, 3.05) is 12.4 Å². The minimum absolute atomic E-state index is 0.279. The molecule has 4 nitrogen and oxygen atoms in total. The molecule has 0 saturated heterocycles. The van der Waals surface area contributed by atoms with Crippen LogP contribution < -0.4 is 10.1 Å². The molecule has 0 amide bonds. The summed E-state index contributed by atoms with van der Waals surface area (Å²) in [5.74, 6) is 0.534. The maximum atomic E-state index is 6.04. The summed E-state index contributed by atoms with van der Waals surface area (Å²) in [6.45, 7) is 0. The fourth-order valence-electron chi connectivity index (χ4n) is 1.18. The summed E-state index contributed by atoms with van der Waals surface area (Å²) < 4.78 is 5.43. The maximum absolute atomic E-state index is 6.04. The molecule has 1 aromatic carbocycles. The minimum Gasteiger partial charge on any atom is -0.423 e. The van der Waals surface area contributed by atoms with Gasteiger partial charge in [0.1, 0.15) is 5.75 Å². The zero-order valence-corrected chi connectivity index (χ0v) is 9.40. The highest BCUT2D eigenvalue weighted by molar-refractivity contribution is 6.32. The van der Waals surface area contributed by atoms with Gasteiger partial charge in [0.05, 0.1) is 5.02 Å². The second kappa shape index (κ2) is 4.81. The lowest BCUT2D eigenvalue weighted by molar-refractivity contribution is 0.442. The van der Waals surface area contributed by atoms with Crippen molar-refractivity contribution < 1.29 is 4.74 Å². The molecule has 0 spiro atoms. The summed E-state index contributed by atoms with van der Waals surface area (Å²) in [7, 11) is 1.83. The molecule has 0 fully saturated rings. The van der Waals surface area contributed by atoms with Crippen molar-refractivity contribution in [3.8, 4) is 11.8 Å². The van der Waals surface area contributed by atoms with Gasteiger partial charge >= 0.3 is 6.01 Å². The maximum Gasteiger partial charge on any atom is 0.321 e. The fourth-order valence-corrected chi connectivity index (χ4v) is 1.39. The average molecular weight is 236 g/mol. The first-order valence-electron chi connectivity index (χ1n) is 4.72. The van der Waals surface area contributed by atoms with Crippen molar-refractivity contribution in [1.29, 1.82) is 0 Å². The number of nitrogens with zero attached hydrogens (tertiary/aromatic N) is 2. The van der Waals surface area contributed by atoms with Crippen molar-refractivity contribution in [3.63, 3.8) is 0 Å². The predicted molar refractivity (Wildman–Crippen MR) is 63.1 cm³/mol. The van der Waals surface area contributed by atoms with Crippen molar-refractivity contribution in [2.24, 2.45) is 0 Å². The van der Waals surface area contributed by atoms with Gasteiger partial charge in [0, 0.05) is 25.1 Å². The molecule has 82 valence electrons. The van der Waals surface area contributed by atoms with E-state index in [4.69, 9.17) is 16.3 Å². The third-order valence-electron chi connectivity index (χ3n) is 1.96. The molecule has 0 aliphatic carbocycles. The summed E-state index contributed by atoms with van der Waals surface area (Å²) in [5, 5.41) is 3.50. The van der Waals surface area contributed by atoms with Crippen LogP contribution in [0.1, 0.15) is 0 Å². The Morgan fingerprint density at radius 1 is 1.25 bits per heavy atom. The van der Waals surface area contributed by atoms with Gasteiger partial charge in [-0.1, -0.05) is 11.6 Å². The van der Waals surface area contributed by atoms with E-state index in [2.05, 4.69) is 15.3 Å². The molecule has 0 unspecified atom stereocenters. The van der Waals surface area contributed by atoms with Crippen LogP contribution in [-0.2, 0) is 0 Å². The number of aromatic nitrogens is 2. The third-order valence-corrected chi connectivity index (χ3v) is 2.26. The monoisotopic (exact) mass is 235 g/mol. The molecule has 0 bridgehead atoms. The second-order valence-electron chi connectivity index (χ2n) is 3.03. The van der Waals surface area contributed by atoms with E-state index in [0.29, 0.717) is 10.8 Å². The van der Waals surface area contributed by atoms with Gasteiger partial charge in [-0.2, -0.15) is 0 Å². The standard InChI is InChI=1S/C11H10ClN3O/c1-13-8-3-4-10(9(12)7-8)16-11-14-5-2-6-15-11/h2-7,13H,1H3. The first kappa shape index (κ1) is 10.7. The minimum atomic E-state index is 0.279.